The Hall–Kier alpha value is -0.920. The lowest BCUT2D eigenvalue weighted by Crippen LogP contribution is -2.54. The summed E-state index contributed by atoms with van der Waals surface area (Å²) in [6, 6.07) is 0. The average Bonchev–Trinajstić information content (AvgIpc) is 2.53. The molecule has 1 aromatic heterocycles. The van der Waals surface area contributed by atoms with Crippen LogP contribution in [0.1, 0.15) is 30.7 Å². The van der Waals surface area contributed by atoms with Gasteiger partial charge in [-0.15, -0.1) is 0 Å². The van der Waals surface area contributed by atoms with Gasteiger partial charge < -0.3 is 10.3 Å². The minimum absolute atomic E-state index is 0.125. The molecule has 1 heterocycles. The second-order valence-corrected chi connectivity index (χ2v) is 6.40. The number of nitrogens with one attached hydrogen (secondary N) is 1. The minimum Gasteiger partial charge on any atom is -0.360 e. The summed E-state index contributed by atoms with van der Waals surface area (Å²) in [7, 11) is -3.57. The Bertz CT molecular complexity index is 497. The largest absolute Gasteiger partial charge is 0.360 e. The number of aromatic nitrogens is 1. The number of nitrogens with zero attached hydrogens (tertiary/aromatic N) is 1. The van der Waals surface area contributed by atoms with Gasteiger partial charge in [0.15, 0.2) is 5.76 Å². The number of sulfonamides is 1. The Balaban J connectivity index is 2.14. The summed E-state index contributed by atoms with van der Waals surface area (Å²) in [6.07, 6.45) is 2.78. The molecule has 1 saturated carbocycles. The van der Waals surface area contributed by atoms with E-state index in [2.05, 4.69) is 9.88 Å². The van der Waals surface area contributed by atoms with Gasteiger partial charge in [0.05, 0.1) is 0 Å². The Labute approximate surface area is 101 Å². The van der Waals surface area contributed by atoms with E-state index >= 15 is 0 Å². The van der Waals surface area contributed by atoms with Crippen LogP contribution < -0.4 is 10.5 Å². The van der Waals surface area contributed by atoms with Crippen LogP contribution in [0.15, 0.2) is 9.42 Å². The molecular formula is C10H17N3O3S. The summed E-state index contributed by atoms with van der Waals surface area (Å²) in [5.74, 6) is 0.301. The maximum Gasteiger partial charge on any atom is 0.246 e. The van der Waals surface area contributed by atoms with Crippen LogP contribution in [0.25, 0.3) is 0 Å². The molecule has 0 unspecified atom stereocenters. The van der Waals surface area contributed by atoms with Gasteiger partial charge in [0.1, 0.15) is 10.6 Å². The number of hydrogen-bond acceptors (Lipinski definition) is 5. The molecular weight excluding hydrogens is 242 g/mol. The Morgan fingerprint density at radius 2 is 2.12 bits per heavy atom. The maximum atomic E-state index is 12.1. The van der Waals surface area contributed by atoms with Crippen molar-refractivity contribution in [3.63, 3.8) is 0 Å². The second-order valence-electron chi connectivity index (χ2n) is 4.69. The van der Waals surface area contributed by atoms with Crippen LogP contribution in [0.4, 0.5) is 0 Å². The molecule has 0 radical (unpaired) electrons. The van der Waals surface area contributed by atoms with Gasteiger partial charge in [-0.25, -0.2) is 13.1 Å². The highest BCUT2D eigenvalue weighted by Crippen LogP contribution is 2.29. The molecule has 7 heteroatoms. The van der Waals surface area contributed by atoms with Crippen LogP contribution in [0.2, 0.25) is 0 Å². The molecule has 0 amide bonds. The maximum absolute atomic E-state index is 12.1. The molecule has 0 spiro atoms. The first-order valence-corrected chi connectivity index (χ1v) is 7.04. The molecule has 0 saturated heterocycles. The van der Waals surface area contributed by atoms with Crippen molar-refractivity contribution in [3.05, 3.63) is 11.5 Å². The fourth-order valence-corrected chi connectivity index (χ4v) is 3.44. The molecule has 3 N–H and O–H groups in total. The molecule has 2 rings (SSSR count). The lowest BCUT2D eigenvalue weighted by atomic mass is 9.78. The van der Waals surface area contributed by atoms with E-state index in [1.165, 1.54) is 0 Å². The first kappa shape index (κ1) is 12.5. The van der Waals surface area contributed by atoms with Crippen molar-refractivity contribution in [2.24, 2.45) is 5.73 Å². The van der Waals surface area contributed by atoms with Crippen LogP contribution in [0.5, 0.6) is 0 Å². The third-order valence-corrected chi connectivity index (χ3v) is 4.84. The summed E-state index contributed by atoms with van der Waals surface area (Å²) in [5.41, 5.74) is 5.96. The SMILES string of the molecule is Cc1noc(C)c1S(=O)(=O)NCC1(N)CCC1. The van der Waals surface area contributed by atoms with Crippen molar-refractivity contribution < 1.29 is 12.9 Å². The number of nitrogens with two attached hydrogens (primary N) is 1. The fraction of sp³-hybridized carbons (Fsp3) is 0.700. The average molecular weight is 259 g/mol. The van der Waals surface area contributed by atoms with E-state index in [0.717, 1.165) is 19.3 Å². The van der Waals surface area contributed by atoms with Crippen molar-refractivity contribution in [1.29, 1.82) is 0 Å². The van der Waals surface area contributed by atoms with E-state index in [1.54, 1.807) is 13.8 Å². The molecule has 17 heavy (non-hydrogen) atoms. The Kier molecular flexibility index (Phi) is 3.01. The van der Waals surface area contributed by atoms with Gasteiger partial charge in [-0.05, 0) is 33.1 Å². The molecule has 1 aromatic rings. The number of hydrogen-bond donors (Lipinski definition) is 2. The van der Waals surface area contributed by atoms with E-state index in [4.69, 9.17) is 10.3 Å². The van der Waals surface area contributed by atoms with Gasteiger partial charge in [0, 0.05) is 12.1 Å². The van der Waals surface area contributed by atoms with Crippen molar-refractivity contribution in [3.8, 4) is 0 Å². The quantitative estimate of drug-likeness (QED) is 0.818. The summed E-state index contributed by atoms with van der Waals surface area (Å²) in [5, 5.41) is 3.64. The van der Waals surface area contributed by atoms with E-state index in [0.29, 0.717) is 11.5 Å². The molecule has 6 nitrogen and oxygen atoms in total. The second kappa shape index (κ2) is 4.08. The Morgan fingerprint density at radius 1 is 1.47 bits per heavy atom. The highest BCUT2D eigenvalue weighted by atomic mass is 32.2. The third-order valence-electron chi connectivity index (χ3n) is 3.20. The lowest BCUT2D eigenvalue weighted by Gasteiger charge is -2.37. The zero-order valence-corrected chi connectivity index (χ0v) is 10.8. The van der Waals surface area contributed by atoms with Crippen molar-refractivity contribution >= 4 is 10.0 Å². The normalized spacial score (nSPS) is 19.0. The number of rotatable bonds is 4. The van der Waals surface area contributed by atoms with Gasteiger partial charge in [-0.2, -0.15) is 0 Å². The molecule has 0 bridgehead atoms. The predicted octanol–water partition coefficient (Wildman–Crippen LogP) is 0.451. The van der Waals surface area contributed by atoms with E-state index < -0.39 is 10.0 Å². The highest BCUT2D eigenvalue weighted by molar-refractivity contribution is 7.89. The smallest absolute Gasteiger partial charge is 0.246 e. The van der Waals surface area contributed by atoms with Crippen molar-refractivity contribution in [2.75, 3.05) is 6.54 Å². The molecule has 1 aliphatic carbocycles. The minimum atomic E-state index is -3.57. The van der Waals surface area contributed by atoms with Gasteiger partial charge >= 0.3 is 0 Å². The van der Waals surface area contributed by atoms with E-state index in [9.17, 15) is 8.42 Å². The van der Waals surface area contributed by atoms with Crippen molar-refractivity contribution in [1.82, 2.24) is 9.88 Å². The van der Waals surface area contributed by atoms with Crippen LogP contribution in [0, 0.1) is 13.8 Å². The van der Waals surface area contributed by atoms with Crippen LogP contribution in [-0.4, -0.2) is 25.7 Å². The molecule has 1 aliphatic rings. The standard InChI is InChI=1S/C10H17N3O3S/c1-7-9(8(2)16-13-7)17(14,15)12-6-10(11)4-3-5-10/h12H,3-6,11H2,1-2H3. The van der Waals surface area contributed by atoms with Gasteiger partial charge in [0.2, 0.25) is 10.0 Å². The van der Waals surface area contributed by atoms with E-state index in [-0.39, 0.29) is 17.0 Å². The zero-order chi connectivity index (χ0) is 12.7. The molecule has 0 aromatic carbocycles. The van der Waals surface area contributed by atoms with Crippen LogP contribution in [-0.2, 0) is 10.0 Å². The lowest BCUT2D eigenvalue weighted by molar-refractivity contribution is 0.251. The van der Waals surface area contributed by atoms with E-state index in [1.807, 2.05) is 0 Å². The fourth-order valence-electron chi connectivity index (χ4n) is 1.98. The summed E-state index contributed by atoms with van der Waals surface area (Å²) in [6.45, 7) is 3.45. The van der Waals surface area contributed by atoms with Crippen molar-refractivity contribution in [2.45, 2.75) is 43.5 Å². The first-order valence-electron chi connectivity index (χ1n) is 5.55. The zero-order valence-electron chi connectivity index (χ0n) is 9.99. The summed E-state index contributed by atoms with van der Waals surface area (Å²) >= 11 is 0. The third kappa shape index (κ3) is 2.36. The highest BCUT2D eigenvalue weighted by Gasteiger charge is 2.34. The summed E-state index contributed by atoms with van der Waals surface area (Å²) in [4.78, 5) is 0.125. The molecule has 0 atom stereocenters. The molecule has 96 valence electrons. The number of aryl methyl sites for hydroxylation is 2. The first-order chi connectivity index (χ1) is 7.84. The van der Waals surface area contributed by atoms with Crippen LogP contribution >= 0.6 is 0 Å². The van der Waals surface area contributed by atoms with Gasteiger partial charge in [0.25, 0.3) is 0 Å². The molecule has 1 fully saturated rings. The predicted molar refractivity (Wildman–Crippen MR) is 61.9 cm³/mol. The summed E-state index contributed by atoms with van der Waals surface area (Å²) < 4.78 is 31.5. The molecule has 0 aliphatic heterocycles. The topological polar surface area (TPSA) is 98.2 Å². The monoisotopic (exact) mass is 259 g/mol. The van der Waals surface area contributed by atoms with Crippen LogP contribution in [0.3, 0.4) is 0 Å². The van der Waals surface area contributed by atoms with Gasteiger partial charge in [-0.1, -0.05) is 5.16 Å². The Morgan fingerprint density at radius 3 is 2.53 bits per heavy atom. The van der Waals surface area contributed by atoms with Gasteiger partial charge in [-0.3, -0.25) is 0 Å².